The quantitative estimate of drug-likeness (QED) is 0.774. The topological polar surface area (TPSA) is 44.7 Å². The molecule has 24 heavy (non-hydrogen) atoms. The Kier molecular flexibility index (Phi) is 5.06. The van der Waals surface area contributed by atoms with Crippen LogP contribution in [0.1, 0.15) is 5.56 Å². The number of nitrogens with zero attached hydrogens (tertiary/aromatic N) is 2. The summed E-state index contributed by atoms with van der Waals surface area (Å²) >= 11 is 4.74. The van der Waals surface area contributed by atoms with Crippen LogP contribution in [0.3, 0.4) is 0 Å². The molecule has 0 saturated carbocycles. The molecule has 0 unspecified atom stereocenters. The number of carbonyl (C=O) groups excluding carboxylic acids is 1. The maximum absolute atomic E-state index is 12.1. The lowest BCUT2D eigenvalue weighted by Crippen LogP contribution is -2.19. The first kappa shape index (κ1) is 16.8. The van der Waals surface area contributed by atoms with Gasteiger partial charge in [-0.3, -0.25) is 4.79 Å². The number of thioether (sulfide) groups is 1. The van der Waals surface area contributed by atoms with Gasteiger partial charge in [-0.1, -0.05) is 28.1 Å². The van der Waals surface area contributed by atoms with Crippen LogP contribution in [0.25, 0.3) is 6.08 Å². The molecule has 0 bridgehead atoms. The van der Waals surface area contributed by atoms with Crippen molar-refractivity contribution in [1.82, 2.24) is 5.32 Å². The molecule has 1 aliphatic heterocycles. The van der Waals surface area contributed by atoms with E-state index in [4.69, 9.17) is 0 Å². The predicted molar refractivity (Wildman–Crippen MR) is 106 cm³/mol. The third-order valence-corrected chi connectivity index (χ3v) is 4.85. The fourth-order valence-corrected chi connectivity index (χ4v) is 3.24. The van der Waals surface area contributed by atoms with Crippen LogP contribution in [0, 0.1) is 0 Å². The SMILES string of the molecule is CN(C)c1ccc(/C=C2/SC(=Nc3ccc(Br)cc3)NC2=O)cc1. The zero-order chi connectivity index (χ0) is 17.1. The van der Waals surface area contributed by atoms with Gasteiger partial charge in [-0.15, -0.1) is 0 Å². The van der Waals surface area contributed by atoms with E-state index < -0.39 is 0 Å². The van der Waals surface area contributed by atoms with Gasteiger partial charge in [-0.2, -0.15) is 0 Å². The van der Waals surface area contributed by atoms with Gasteiger partial charge in [0.05, 0.1) is 10.6 Å². The minimum absolute atomic E-state index is 0.118. The molecule has 2 aromatic carbocycles. The van der Waals surface area contributed by atoms with Crippen molar-refractivity contribution in [2.75, 3.05) is 19.0 Å². The van der Waals surface area contributed by atoms with E-state index in [0.29, 0.717) is 10.1 Å². The van der Waals surface area contributed by atoms with E-state index in [2.05, 4.69) is 26.2 Å². The Morgan fingerprint density at radius 2 is 1.75 bits per heavy atom. The number of rotatable bonds is 3. The van der Waals surface area contributed by atoms with Crippen molar-refractivity contribution < 1.29 is 4.79 Å². The summed E-state index contributed by atoms with van der Waals surface area (Å²) in [4.78, 5) is 19.3. The Morgan fingerprint density at radius 1 is 1.08 bits per heavy atom. The van der Waals surface area contributed by atoms with E-state index in [1.165, 1.54) is 11.8 Å². The highest BCUT2D eigenvalue weighted by Crippen LogP contribution is 2.28. The first-order chi connectivity index (χ1) is 11.5. The number of halogens is 1. The van der Waals surface area contributed by atoms with E-state index >= 15 is 0 Å². The smallest absolute Gasteiger partial charge is 0.264 e. The Labute approximate surface area is 153 Å². The second-order valence-corrected chi connectivity index (χ2v) is 7.39. The van der Waals surface area contributed by atoms with Gasteiger partial charge in [0.2, 0.25) is 0 Å². The zero-order valence-electron chi connectivity index (χ0n) is 13.3. The zero-order valence-corrected chi connectivity index (χ0v) is 15.7. The fourth-order valence-electron chi connectivity index (χ4n) is 2.13. The van der Waals surface area contributed by atoms with Crippen molar-refractivity contribution in [3.05, 3.63) is 63.5 Å². The Balaban J connectivity index is 1.77. The standard InChI is InChI=1S/C18H16BrN3OS/c1-22(2)15-9-3-12(4-10-15)11-16-17(23)21-18(24-16)20-14-7-5-13(19)6-8-14/h3-11H,1-2H3,(H,20,21,23)/b16-11+. The summed E-state index contributed by atoms with van der Waals surface area (Å²) in [6.45, 7) is 0. The molecule has 2 aromatic rings. The van der Waals surface area contributed by atoms with Crippen molar-refractivity contribution in [1.29, 1.82) is 0 Å². The number of nitrogens with one attached hydrogen (secondary N) is 1. The molecule has 1 heterocycles. The minimum Gasteiger partial charge on any atom is -0.378 e. The normalized spacial score (nSPS) is 17.4. The third kappa shape index (κ3) is 4.07. The monoisotopic (exact) mass is 401 g/mol. The predicted octanol–water partition coefficient (Wildman–Crippen LogP) is 4.41. The highest BCUT2D eigenvalue weighted by atomic mass is 79.9. The van der Waals surface area contributed by atoms with Crippen LogP contribution in [-0.4, -0.2) is 25.2 Å². The molecule has 0 radical (unpaired) electrons. The van der Waals surface area contributed by atoms with Crippen molar-refractivity contribution in [2.24, 2.45) is 4.99 Å². The average Bonchev–Trinajstić information content (AvgIpc) is 2.89. The number of amides is 1. The minimum atomic E-state index is -0.118. The summed E-state index contributed by atoms with van der Waals surface area (Å²) in [5.74, 6) is -0.118. The van der Waals surface area contributed by atoms with Crippen LogP contribution < -0.4 is 10.2 Å². The molecule has 1 N–H and O–H groups in total. The molecule has 6 heteroatoms. The van der Waals surface area contributed by atoms with Crippen LogP contribution >= 0.6 is 27.7 Å². The maximum atomic E-state index is 12.1. The fraction of sp³-hybridized carbons (Fsp3) is 0.111. The average molecular weight is 402 g/mol. The number of carbonyl (C=O) groups is 1. The summed E-state index contributed by atoms with van der Waals surface area (Å²) < 4.78 is 0.997. The van der Waals surface area contributed by atoms with Gasteiger partial charge in [-0.05, 0) is 59.8 Å². The van der Waals surface area contributed by atoms with Crippen molar-refractivity contribution >= 4 is 56.2 Å². The second-order valence-electron chi connectivity index (χ2n) is 5.44. The number of hydrogen-bond donors (Lipinski definition) is 1. The van der Waals surface area contributed by atoms with E-state index in [-0.39, 0.29) is 5.91 Å². The van der Waals surface area contributed by atoms with Crippen molar-refractivity contribution in [2.45, 2.75) is 0 Å². The Morgan fingerprint density at radius 3 is 2.38 bits per heavy atom. The second kappa shape index (κ2) is 7.23. The molecule has 122 valence electrons. The molecule has 0 atom stereocenters. The highest BCUT2D eigenvalue weighted by Gasteiger charge is 2.23. The molecule has 0 aliphatic carbocycles. The molecular formula is C18H16BrN3OS. The molecule has 0 spiro atoms. The maximum Gasteiger partial charge on any atom is 0.264 e. The largest absolute Gasteiger partial charge is 0.378 e. The Bertz CT molecular complexity index is 811. The summed E-state index contributed by atoms with van der Waals surface area (Å²) in [7, 11) is 4.00. The first-order valence-electron chi connectivity index (χ1n) is 7.34. The van der Waals surface area contributed by atoms with Gasteiger partial charge in [0.15, 0.2) is 5.17 Å². The lowest BCUT2D eigenvalue weighted by molar-refractivity contribution is -0.115. The Hall–Kier alpha value is -2.05. The lowest BCUT2D eigenvalue weighted by Gasteiger charge is -2.11. The number of amidine groups is 1. The lowest BCUT2D eigenvalue weighted by atomic mass is 10.2. The van der Waals surface area contributed by atoms with Crippen LogP contribution in [0.4, 0.5) is 11.4 Å². The van der Waals surface area contributed by atoms with Crippen LogP contribution in [0.5, 0.6) is 0 Å². The molecule has 4 nitrogen and oxygen atoms in total. The van der Waals surface area contributed by atoms with Gasteiger partial charge in [0, 0.05) is 24.3 Å². The summed E-state index contributed by atoms with van der Waals surface area (Å²) in [6.07, 6.45) is 1.88. The van der Waals surface area contributed by atoms with Gasteiger partial charge in [-0.25, -0.2) is 4.99 Å². The van der Waals surface area contributed by atoms with E-state index in [1.54, 1.807) is 0 Å². The van der Waals surface area contributed by atoms with Gasteiger partial charge < -0.3 is 10.2 Å². The van der Waals surface area contributed by atoms with E-state index in [0.717, 1.165) is 21.4 Å². The van der Waals surface area contributed by atoms with E-state index in [1.807, 2.05) is 73.6 Å². The summed E-state index contributed by atoms with van der Waals surface area (Å²) in [5.41, 5.74) is 2.92. The molecule has 1 amide bonds. The van der Waals surface area contributed by atoms with Crippen molar-refractivity contribution in [3.8, 4) is 0 Å². The van der Waals surface area contributed by atoms with Gasteiger partial charge >= 0.3 is 0 Å². The molecule has 3 rings (SSSR count). The van der Waals surface area contributed by atoms with Crippen LogP contribution in [0.15, 0.2) is 62.9 Å². The molecule has 1 fully saturated rings. The summed E-state index contributed by atoms with van der Waals surface area (Å²) in [5, 5.41) is 3.40. The van der Waals surface area contributed by atoms with Gasteiger partial charge in [0.25, 0.3) is 5.91 Å². The van der Waals surface area contributed by atoms with E-state index in [9.17, 15) is 4.79 Å². The third-order valence-electron chi connectivity index (χ3n) is 3.42. The molecule has 0 aromatic heterocycles. The van der Waals surface area contributed by atoms with Crippen molar-refractivity contribution in [3.63, 3.8) is 0 Å². The number of anilines is 1. The highest BCUT2D eigenvalue weighted by molar-refractivity contribution is 9.10. The number of benzene rings is 2. The first-order valence-corrected chi connectivity index (χ1v) is 8.95. The van der Waals surface area contributed by atoms with Crippen LogP contribution in [-0.2, 0) is 4.79 Å². The molecular weight excluding hydrogens is 386 g/mol. The van der Waals surface area contributed by atoms with Gasteiger partial charge in [0.1, 0.15) is 0 Å². The number of aliphatic imine (C=N–C) groups is 1. The summed E-state index contributed by atoms with van der Waals surface area (Å²) in [6, 6.07) is 15.7. The number of hydrogen-bond acceptors (Lipinski definition) is 4. The molecule has 1 aliphatic rings. The molecule has 1 saturated heterocycles. The van der Waals surface area contributed by atoms with Crippen LogP contribution in [0.2, 0.25) is 0 Å².